The van der Waals surface area contributed by atoms with E-state index in [2.05, 4.69) is 14.7 Å². The summed E-state index contributed by atoms with van der Waals surface area (Å²) in [5.74, 6) is -1.58. The molecule has 8 heteroatoms. The number of rotatable bonds is 3. The van der Waals surface area contributed by atoms with E-state index in [4.69, 9.17) is 0 Å². The van der Waals surface area contributed by atoms with Gasteiger partial charge < -0.3 is 9.64 Å². The minimum atomic E-state index is -4.66. The van der Waals surface area contributed by atoms with Crippen LogP contribution in [0.5, 0.6) is 0 Å². The fraction of sp³-hybridized carbons (Fsp3) is 0.167. The van der Waals surface area contributed by atoms with Crippen molar-refractivity contribution < 1.29 is 22.7 Å². The molecule has 0 radical (unpaired) electrons. The van der Waals surface area contributed by atoms with Gasteiger partial charge >= 0.3 is 12.1 Å². The third kappa shape index (κ3) is 3.30. The van der Waals surface area contributed by atoms with Crippen molar-refractivity contribution in [2.75, 3.05) is 19.1 Å². The molecular formula is C18H14F3N3O2. The fourth-order valence-corrected chi connectivity index (χ4v) is 2.50. The lowest BCUT2D eigenvalue weighted by Gasteiger charge is -2.21. The smallest absolute Gasteiger partial charge is 0.451 e. The molecule has 0 aliphatic rings. The molecule has 3 rings (SSSR count). The van der Waals surface area contributed by atoms with Crippen LogP contribution in [0.3, 0.4) is 0 Å². The Hall–Kier alpha value is -3.16. The first-order valence-corrected chi connectivity index (χ1v) is 7.57. The Labute approximate surface area is 147 Å². The molecule has 0 unspecified atom stereocenters. The van der Waals surface area contributed by atoms with Gasteiger partial charge in [0.15, 0.2) is 0 Å². The lowest BCUT2D eigenvalue weighted by molar-refractivity contribution is -0.144. The van der Waals surface area contributed by atoms with Crippen LogP contribution in [0.1, 0.15) is 16.2 Å². The number of para-hydroxylation sites is 1. The van der Waals surface area contributed by atoms with E-state index < -0.39 is 18.0 Å². The lowest BCUT2D eigenvalue weighted by Crippen LogP contribution is -2.17. The maximum absolute atomic E-state index is 13.1. The first-order valence-electron chi connectivity index (χ1n) is 7.57. The first-order chi connectivity index (χ1) is 12.3. The van der Waals surface area contributed by atoms with Crippen LogP contribution in [0.2, 0.25) is 0 Å². The molecule has 0 aliphatic carbocycles. The van der Waals surface area contributed by atoms with Crippen molar-refractivity contribution >= 4 is 28.4 Å². The second-order valence-corrected chi connectivity index (χ2v) is 5.48. The number of fused-ring (bicyclic) bond motifs is 1. The first kappa shape index (κ1) is 17.7. The van der Waals surface area contributed by atoms with Crippen LogP contribution in [0.25, 0.3) is 10.9 Å². The Bertz CT molecular complexity index is 956. The number of anilines is 2. The normalized spacial score (nSPS) is 11.4. The van der Waals surface area contributed by atoms with Gasteiger partial charge in [-0.1, -0.05) is 12.1 Å². The maximum atomic E-state index is 13.1. The SMILES string of the molecule is COC(=O)c1ccc(N(C)c2nc(C(F)(F)F)nc3ccccc23)cc1. The fourth-order valence-electron chi connectivity index (χ4n) is 2.50. The number of carbonyl (C=O) groups excluding carboxylic acids is 1. The second-order valence-electron chi connectivity index (χ2n) is 5.48. The number of halogens is 3. The highest BCUT2D eigenvalue weighted by atomic mass is 19.4. The molecule has 0 atom stereocenters. The molecule has 1 heterocycles. The molecule has 0 aliphatic heterocycles. The number of esters is 1. The molecule has 0 amide bonds. The second kappa shape index (κ2) is 6.62. The largest absolute Gasteiger partial charge is 0.465 e. The summed E-state index contributed by atoms with van der Waals surface area (Å²) in [4.78, 5) is 20.4. The van der Waals surface area contributed by atoms with Gasteiger partial charge in [-0.15, -0.1) is 0 Å². The summed E-state index contributed by atoms with van der Waals surface area (Å²) < 4.78 is 44.1. The zero-order valence-electron chi connectivity index (χ0n) is 13.9. The van der Waals surface area contributed by atoms with Crippen LogP contribution in [0.15, 0.2) is 48.5 Å². The van der Waals surface area contributed by atoms with E-state index in [9.17, 15) is 18.0 Å². The van der Waals surface area contributed by atoms with Crippen molar-refractivity contribution in [3.63, 3.8) is 0 Å². The van der Waals surface area contributed by atoms with Crippen LogP contribution in [-0.2, 0) is 10.9 Å². The summed E-state index contributed by atoms with van der Waals surface area (Å²) in [5, 5.41) is 0.486. The van der Waals surface area contributed by atoms with Crippen molar-refractivity contribution in [2.24, 2.45) is 0 Å². The molecule has 5 nitrogen and oxygen atoms in total. The number of hydrogen-bond donors (Lipinski definition) is 0. The molecule has 0 spiro atoms. The van der Waals surface area contributed by atoms with E-state index >= 15 is 0 Å². The van der Waals surface area contributed by atoms with E-state index in [0.717, 1.165) is 0 Å². The summed E-state index contributed by atoms with van der Waals surface area (Å²) in [7, 11) is 2.87. The summed E-state index contributed by atoms with van der Waals surface area (Å²) in [5.41, 5.74) is 1.10. The van der Waals surface area contributed by atoms with Gasteiger partial charge in [-0.3, -0.25) is 0 Å². The highest BCUT2D eigenvalue weighted by Gasteiger charge is 2.36. The predicted molar refractivity (Wildman–Crippen MR) is 90.4 cm³/mol. The number of aromatic nitrogens is 2. The van der Waals surface area contributed by atoms with Gasteiger partial charge in [-0.2, -0.15) is 13.2 Å². The van der Waals surface area contributed by atoms with Gasteiger partial charge in [0.1, 0.15) is 5.82 Å². The minimum absolute atomic E-state index is 0.119. The van der Waals surface area contributed by atoms with Gasteiger partial charge in [0, 0.05) is 18.1 Å². The molecule has 3 aromatic rings. The van der Waals surface area contributed by atoms with Gasteiger partial charge in [-0.05, 0) is 36.4 Å². The van der Waals surface area contributed by atoms with Crippen molar-refractivity contribution in [3.8, 4) is 0 Å². The molecule has 26 heavy (non-hydrogen) atoms. The van der Waals surface area contributed by atoms with Gasteiger partial charge in [0.25, 0.3) is 0 Å². The topological polar surface area (TPSA) is 55.3 Å². The van der Waals surface area contributed by atoms with Gasteiger partial charge in [-0.25, -0.2) is 14.8 Å². The monoisotopic (exact) mass is 361 g/mol. The van der Waals surface area contributed by atoms with Crippen LogP contribution < -0.4 is 4.90 Å². The third-order valence-corrected chi connectivity index (χ3v) is 3.83. The zero-order chi connectivity index (χ0) is 18.9. The number of hydrogen-bond acceptors (Lipinski definition) is 5. The van der Waals surface area contributed by atoms with Crippen molar-refractivity contribution in [1.82, 2.24) is 9.97 Å². The van der Waals surface area contributed by atoms with Crippen LogP contribution in [-0.4, -0.2) is 30.1 Å². The van der Waals surface area contributed by atoms with Crippen LogP contribution >= 0.6 is 0 Å². The molecule has 0 bridgehead atoms. The van der Waals surface area contributed by atoms with E-state index in [1.54, 1.807) is 37.4 Å². The average Bonchev–Trinajstić information content (AvgIpc) is 2.65. The summed E-state index contributed by atoms with van der Waals surface area (Å²) >= 11 is 0. The molecule has 0 saturated carbocycles. The van der Waals surface area contributed by atoms with E-state index in [1.165, 1.54) is 30.2 Å². The van der Waals surface area contributed by atoms with Gasteiger partial charge in [0.2, 0.25) is 5.82 Å². The zero-order valence-corrected chi connectivity index (χ0v) is 13.9. The van der Waals surface area contributed by atoms with Crippen LogP contribution in [0, 0.1) is 0 Å². The van der Waals surface area contributed by atoms with E-state index in [0.29, 0.717) is 16.6 Å². The number of carbonyl (C=O) groups is 1. The number of benzene rings is 2. The third-order valence-electron chi connectivity index (χ3n) is 3.83. The Kier molecular flexibility index (Phi) is 4.50. The Morgan fingerprint density at radius 1 is 1.04 bits per heavy atom. The highest BCUT2D eigenvalue weighted by Crippen LogP contribution is 2.33. The maximum Gasteiger partial charge on any atom is 0.451 e. The molecule has 134 valence electrons. The molecule has 0 N–H and O–H groups in total. The average molecular weight is 361 g/mol. The quantitative estimate of drug-likeness (QED) is 0.655. The molecular weight excluding hydrogens is 347 g/mol. The van der Waals surface area contributed by atoms with Gasteiger partial charge in [0.05, 0.1) is 18.2 Å². The standard InChI is InChI=1S/C18H14F3N3O2/c1-24(12-9-7-11(8-10-12)16(25)26-2)15-13-5-3-4-6-14(13)22-17(23-15)18(19,20)21/h3-10H,1-2H3. The van der Waals surface area contributed by atoms with Crippen molar-refractivity contribution in [2.45, 2.75) is 6.18 Å². The Balaban J connectivity index is 2.10. The van der Waals surface area contributed by atoms with E-state index in [-0.39, 0.29) is 11.3 Å². The summed E-state index contributed by atoms with van der Waals surface area (Å²) in [6.07, 6.45) is -4.66. The van der Waals surface area contributed by atoms with E-state index in [1.807, 2.05) is 0 Å². The molecule has 2 aromatic carbocycles. The number of ether oxygens (including phenoxy) is 1. The van der Waals surface area contributed by atoms with Crippen LogP contribution in [0.4, 0.5) is 24.7 Å². The number of nitrogens with zero attached hydrogens (tertiary/aromatic N) is 3. The minimum Gasteiger partial charge on any atom is -0.465 e. The molecule has 0 saturated heterocycles. The molecule has 1 aromatic heterocycles. The Morgan fingerprint density at radius 3 is 2.31 bits per heavy atom. The summed E-state index contributed by atoms with van der Waals surface area (Å²) in [6, 6.07) is 12.8. The number of methoxy groups -OCH3 is 1. The molecule has 0 fully saturated rings. The summed E-state index contributed by atoms with van der Waals surface area (Å²) in [6.45, 7) is 0. The lowest BCUT2D eigenvalue weighted by atomic mass is 10.1. The predicted octanol–water partition coefficient (Wildman–Crippen LogP) is 4.20. The van der Waals surface area contributed by atoms with Crippen molar-refractivity contribution in [3.05, 3.63) is 59.9 Å². The Morgan fingerprint density at radius 2 is 1.69 bits per heavy atom. The van der Waals surface area contributed by atoms with Crippen molar-refractivity contribution in [1.29, 1.82) is 0 Å². The number of alkyl halides is 3. The highest BCUT2D eigenvalue weighted by molar-refractivity contribution is 5.92.